The minimum atomic E-state index is 0.723. The quantitative estimate of drug-likeness (QED) is 0.378. The lowest BCUT2D eigenvalue weighted by atomic mass is 10.1. The molecule has 1 aliphatic heterocycles. The number of hydrogen-bond donors (Lipinski definition) is 1. The van der Waals surface area contributed by atoms with Crippen molar-refractivity contribution < 1.29 is 0 Å². The molecule has 0 aromatic heterocycles. The van der Waals surface area contributed by atoms with E-state index in [9.17, 15) is 0 Å². The second kappa shape index (κ2) is 13.8. The molecular weight excluding hydrogens is 270 g/mol. The first-order chi connectivity index (χ1) is 10.9. The molecule has 0 atom stereocenters. The highest BCUT2D eigenvalue weighted by Gasteiger charge is 2.13. The number of nitrogens with zero attached hydrogens (tertiary/aromatic N) is 2. The van der Waals surface area contributed by atoms with Gasteiger partial charge in [-0.2, -0.15) is 0 Å². The molecular formula is C19H37N3. The Labute approximate surface area is 138 Å². The van der Waals surface area contributed by atoms with Gasteiger partial charge in [0.25, 0.3) is 0 Å². The van der Waals surface area contributed by atoms with Crippen molar-refractivity contribution in [2.45, 2.75) is 77.6 Å². The molecule has 128 valence electrons. The highest BCUT2D eigenvalue weighted by Crippen LogP contribution is 2.11. The van der Waals surface area contributed by atoms with E-state index in [4.69, 9.17) is 5.73 Å². The molecule has 0 bridgehead atoms. The molecule has 0 spiro atoms. The summed E-state index contributed by atoms with van der Waals surface area (Å²) in [5.74, 6) is 1.23. The fourth-order valence-electron chi connectivity index (χ4n) is 3.00. The molecule has 0 aromatic carbocycles. The summed E-state index contributed by atoms with van der Waals surface area (Å²) < 4.78 is 0. The molecule has 0 aromatic rings. The first-order valence-corrected chi connectivity index (χ1v) is 9.51. The largest absolute Gasteiger partial charge is 0.357 e. The molecule has 0 saturated carbocycles. The first kappa shape index (κ1) is 19.2. The average molecular weight is 308 g/mol. The van der Waals surface area contributed by atoms with Gasteiger partial charge in [-0.25, -0.2) is 0 Å². The van der Waals surface area contributed by atoms with Crippen LogP contribution in [0.2, 0.25) is 0 Å². The van der Waals surface area contributed by atoms with E-state index >= 15 is 0 Å². The van der Waals surface area contributed by atoms with E-state index in [2.05, 4.69) is 29.0 Å². The number of amidine groups is 1. The van der Waals surface area contributed by atoms with E-state index in [0.29, 0.717) is 0 Å². The van der Waals surface area contributed by atoms with E-state index in [-0.39, 0.29) is 0 Å². The summed E-state index contributed by atoms with van der Waals surface area (Å²) in [5, 5.41) is 0. The lowest BCUT2D eigenvalue weighted by molar-refractivity contribution is 0.462. The van der Waals surface area contributed by atoms with Crippen LogP contribution < -0.4 is 5.73 Å². The molecule has 3 heteroatoms. The van der Waals surface area contributed by atoms with Crippen LogP contribution in [-0.4, -0.2) is 36.9 Å². The summed E-state index contributed by atoms with van der Waals surface area (Å²) in [5.41, 5.74) is 5.62. The summed E-state index contributed by atoms with van der Waals surface area (Å²) in [6.45, 7) is 5.95. The maximum atomic E-state index is 5.62. The SMILES string of the molecule is CCCCCCCCCCC/C=C/CC1=NCCN1CCN. The van der Waals surface area contributed by atoms with Gasteiger partial charge < -0.3 is 10.6 Å². The maximum Gasteiger partial charge on any atom is 0.103 e. The van der Waals surface area contributed by atoms with Crippen LogP contribution in [0.5, 0.6) is 0 Å². The molecule has 22 heavy (non-hydrogen) atoms. The zero-order valence-corrected chi connectivity index (χ0v) is 14.7. The Bertz CT molecular complexity index is 310. The molecule has 0 unspecified atom stereocenters. The van der Waals surface area contributed by atoms with Gasteiger partial charge in [0.2, 0.25) is 0 Å². The minimum Gasteiger partial charge on any atom is -0.357 e. The Hall–Kier alpha value is -0.830. The molecule has 0 aliphatic carbocycles. The van der Waals surface area contributed by atoms with Crippen molar-refractivity contribution in [2.75, 3.05) is 26.2 Å². The van der Waals surface area contributed by atoms with Gasteiger partial charge in [0.05, 0.1) is 6.54 Å². The van der Waals surface area contributed by atoms with Crippen molar-refractivity contribution in [2.24, 2.45) is 10.7 Å². The molecule has 0 saturated heterocycles. The fraction of sp³-hybridized carbons (Fsp3) is 0.842. The topological polar surface area (TPSA) is 41.6 Å². The Morgan fingerprint density at radius 3 is 2.36 bits per heavy atom. The van der Waals surface area contributed by atoms with E-state index in [1.807, 2.05) is 0 Å². The van der Waals surface area contributed by atoms with Gasteiger partial charge in [0.1, 0.15) is 5.84 Å². The smallest absolute Gasteiger partial charge is 0.103 e. The van der Waals surface area contributed by atoms with Crippen LogP contribution in [-0.2, 0) is 0 Å². The van der Waals surface area contributed by atoms with Crippen LogP contribution in [0.25, 0.3) is 0 Å². The van der Waals surface area contributed by atoms with Crippen molar-refractivity contribution >= 4 is 5.84 Å². The van der Waals surface area contributed by atoms with Crippen LogP contribution in [0.1, 0.15) is 77.6 Å². The Morgan fingerprint density at radius 2 is 1.68 bits per heavy atom. The molecule has 1 rings (SSSR count). The van der Waals surface area contributed by atoms with Gasteiger partial charge >= 0.3 is 0 Å². The van der Waals surface area contributed by atoms with Crippen LogP contribution in [0.15, 0.2) is 17.1 Å². The van der Waals surface area contributed by atoms with Crippen LogP contribution >= 0.6 is 0 Å². The van der Waals surface area contributed by atoms with Crippen molar-refractivity contribution in [3.63, 3.8) is 0 Å². The molecule has 1 heterocycles. The van der Waals surface area contributed by atoms with Gasteiger partial charge in [-0.1, -0.05) is 70.4 Å². The highest BCUT2D eigenvalue weighted by molar-refractivity contribution is 5.85. The fourth-order valence-corrected chi connectivity index (χ4v) is 3.00. The minimum absolute atomic E-state index is 0.723. The number of allylic oxidation sites excluding steroid dienone is 1. The Balaban J connectivity index is 1.90. The van der Waals surface area contributed by atoms with Crippen molar-refractivity contribution in [3.05, 3.63) is 12.2 Å². The van der Waals surface area contributed by atoms with Gasteiger partial charge in [-0.15, -0.1) is 0 Å². The summed E-state index contributed by atoms with van der Waals surface area (Å²) >= 11 is 0. The summed E-state index contributed by atoms with van der Waals surface area (Å²) in [7, 11) is 0. The third-order valence-electron chi connectivity index (χ3n) is 4.37. The molecule has 3 nitrogen and oxygen atoms in total. The van der Waals surface area contributed by atoms with Crippen molar-refractivity contribution in [1.29, 1.82) is 0 Å². The Kier molecular flexibility index (Phi) is 12.1. The highest BCUT2D eigenvalue weighted by atomic mass is 15.2. The van der Waals surface area contributed by atoms with Gasteiger partial charge in [-0.05, 0) is 12.8 Å². The lowest BCUT2D eigenvalue weighted by Gasteiger charge is -2.18. The third kappa shape index (κ3) is 9.24. The summed E-state index contributed by atoms with van der Waals surface area (Å²) in [4.78, 5) is 6.88. The standard InChI is InChI=1S/C19H37N3/c1-2-3-4-5-6-7-8-9-10-11-12-13-14-19-21-16-18-22(19)17-15-20/h12-13H,2-11,14-18,20H2,1H3/b13-12+. The van der Waals surface area contributed by atoms with Crippen LogP contribution in [0.4, 0.5) is 0 Å². The van der Waals surface area contributed by atoms with Crippen molar-refractivity contribution in [1.82, 2.24) is 4.90 Å². The molecule has 0 fully saturated rings. The maximum absolute atomic E-state index is 5.62. The molecule has 0 amide bonds. The second-order valence-corrected chi connectivity index (χ2v) is 6.37. The normalized spacial score (nSPS) is 15.0. The van der Waals surface area contributed by atoms with E-state index in [1.54, 1.807) is 0 Å². The van der Waals surface area contributed by atoms with Gasteiger partial charge in [0.15, 0.2) is 0 Å². The molecule has 0 radical (unpaired) electrons. The van der Waals surface area contributed by atoms with Crippen LogP contribution in [0, 0.1) is 0 Å². The predicted molar refractivity (Wildman–Crippen MR) is 98.5 cm³/mol. The predicted octanol–water partition coefficient (Wildman–Crippen LogP) is 4.53. The first-order valence-electron chi connectivity index (χ1n) is 9.51. The summed E-state index contributed by atoms with van der Waals surface area (Å²) in [6.07, 6.45) is 19.5. The van der Waals surface area contributed by atoms with Crippen molar-refractivity contribution in [3.8, 4) is 0 Å². The van der Waals surface area contributed by atoms with Gasteiger partial charge in [0, 0.05) is 26.1 Å². The zero-order valence-electron chi connectivity index (χ0n) is 14.7. The molecule has 2 N–H and O–H groups in total. The van der Waals surface area contributed by atoms with Crippen LogP contribution in [0.3, 0.4) is 0 Å². The zero-order chi connectivity index (χ0) is 15.9. The number of hydrogen-bond acceptors (Lipinski definition) is 3. The van der Waals surface area contributed by atoms with E-state index in [1.165, 1.54) is 70.0 Å². The number of rotatable bonds is 14. The monoisotopic (exact) mass is 307 g/mol. The second-order valence-electron chi connectivity index (χ2n) is 6.37. The number of aliphatic imine (C=N–C) groups is 1. The number of unbranched alkanes of at least 4 members (excludes halogenated alkanes) is 9. The Morgan fingerprint density at radius 1 is 1.00 bits per heavy atom. The third-order valence-corrected chi connectivity index (χ3v) is 4.37. The lowest BCUT2D eigenvalue weighted by Crippen LogP contribution is -2.32. The average Bonchev–Trinajstić information content (AvgIpc) is 2.96. The van der Waals surface area contributed by atoms with E-state index < -0.39 is 0 Å². The summed E-state index contributed by atoms with van der Waals surface area (Å²) in [6, 6.07) is 0. The van der Waals surface area contributed by atoms with Gasteiger partial charge in [-0.3, -0.25) is 4.99 Å². The van der Waals surface area contributed by atoms with E-state index in [0.717, 1.165) is 32.6 Å². The molecule has 1 aliphatic rings. The number of nitrogens with two attached hydrogens (primary N) is 1.